The number of amides is 2. The van der Waals surface area contributed by atoms with E-state index in [9.17, 15) is 9.59 Å². The molecule has 2 amide bonds. The Bertz CT molecular complexity index is 941. The van der Waals surface area contributed by atoms with E-state index in [1.807, 2.05) is 38.1 Å². The first-order chi connectivity index (χ1) is 15.4. The van der Waals surface area contributed by atoms with Crippen molar-refractivity contribution in [1.29, 1.82) is 0 Å². The first-order valence-corrected chi connectivity index (χ1v) is 12.2. The number of carbonyl (C=O) groups excluding carboxylic acids is 2. The van der Waals surface area contributed by atoms with E-state index in [4.69, 9.17) is 23.2 Å². The van der Waals surface area contributed by atoms with Crippen molar-refractivity contribution >= 4 is 35.0 Å². The summed E-state index contributed by atoms with van der Waals surface area (Å²) < 4.78 is 0. The van der Waals surface area contributed by atoms with E-state index in [1.165, 1.54) is 6.42 Å². The summed E-state index contributed by atoms with van der Waals surface area (Å²) in [4.78, 5) is 28.5. The zero-order valence-electron chi connectivity index (χ0n) is 18.9. The largest absolute Gasteiger partial charge is 0.352 e. The molecule has 0 aliphatic heterocycles. The topological polar surface area (TPSA) is 49.4 Å². The molecule has 1 saturated carbocycles. The number of halogens is 2. The van der Waals surface area contributed by atoms with Gasteiger partial charge in [-0.1, -0.05) is 79.7 Å². The van der Waals surface area contributed by atoms with Gasteiger partial charge in [0.2, 0.25) is 11.8 Å². The van der Waals surface area contributed by atoms with E-state index >= 15 is 0 Å². The molecule has 0 spiro atoms. The lowest BCUT2D eigenvalue weighted by Gasteiger charge is -2.33. The Hall–Kier alpha value is -2.04. The Kier molecular flexibility index (Phi) is 9.01. The van der Waals surface area contributed by atoms with Crippen LogP contribution in [-0.4, -0.2) is 28.8 Å². The summed E-state index contributed by atoms with van der Waals surface area (Å²) in [7, 11) is 0. The second kappa shape index (κ2) is 11.7. The highest BCUT2D eigenvalue weighted by Gasteiger charge is 2.30. The molecule has 2 aromatic rings. The monoisotopic (exact) mass is 474 g/mol. The zero-order chi connectivity index (χ0) is 23.1. The fraction of sp³-hybridized carbons (Fsp3) is 0.462. The average molecular weight is 475 g/mol. The van der Waals surface area contributed by atoms with Crippen molar-refractivity contribution in [2.75, 3.05) is 0 Å². The molecule has 0 saturated heterocycles. The molecule has 0 bridgehead atoms. The Morgan fingerprint density at radius 1 is 1.06 bits per heavy atom. The Morgan fingerprint density at radius 3 is 2.44 bits per heavy atom. The highest BCUT2D eigenvalue weighted by atomic mass is 35.5. The minimum atomic E-state index is -0.532. The number of carbonyl (C=O) groups is 2. The van der Waals surface area contributed by atoms with Crippen LogP contribution in [0, 0.1) is 6.92 Å². The molecule has 0 heterocycles. The van der Waals surface area contributed by atoms with Gasteiger partial charge in [-0.3, -0.25) is 9.59 Å². The molecule has 32 heavy (non-hydrogen) atoms. The van der Waals surface area contributed by atoms with Crippen molar-refractivity contribution in [3.63, 3.8) is 0 Å². The van der Waals surface area contributed by atoms with Gasteiger partial charge in [-0.05, 0) is 55.0 Å². The third-order valence-electron chi connectivity index (χ3n) is 6.30. The zero-order valence-corrected chi connectivity index (χ0v) is 20.4. The van der Waals surface area contributed by atoms with Crippen LogP contribution in [0.2, 0.25) is 10.0 Å². The highest BCUT2D eigenvalue weighted by molar-refractivity contribution is 6.35. The number of nitrogens with zero attached hydrogens (tertiary/aromatic N) is 1. The maximum absolute atomic E-state index is 13.5. The normalized spacial score (nSPS) is 15.2. The first kappa shape index (κ1) is 24.6. The second-order valence-electron chi connectivity index (χ2n) is 8.63. The predicted molar refractivity (Wildman–Crippen MR) is 131 cm³/mol. The molecule has 6 heteroatoms. The SMILES string of the molecule is CC[C@@H](C(=O)NC1CCCCC1)N(Cc1ccccc1C)C(=O)Cc1ccc(Cl)cc1Cl. The van der Waals surface area contributed by atoms with Gasteiger partial charge in [0.25, 0.3) is 0 Å². The van der Waals surface area contributed by atoms with Gasteiger partial charge in [-0.15, -0.1) is 0 Å². The van der Waals surface area contributed by atoms with E-state index in [2.05, 4.69) is 5.32 Å². The third kappa shape index (κ3) is 6.49. The third-order valence-corrected chi connectivity index (χ3v) is 6.88. The molecule has 1 fully saturated rings. The molecule has 1 atom stereocenters. The fourth-order valence-corrected chi connectivity index (χ4v) is 4.84. The molecule has 1 aliphatic rings. The number of nitrogens with one attached hydrogen (secondary N) is 1. The number of rotatable bonds is 8. The Morgan fingerprint density at radius 2 is 1.78 bits per heavy atom. The average Bonchev–Trinajstić information content (AvgIpc) is 2.77. The highest BCUT2D eigenvalue weighted by Crippen LogP contribution is 2.24. The number of benzene rings is 2. The first-order valence-electron chi connectivity index (χ1n) is 11.5. The Labute approximate surface area is 201 Å². The molecule has 2 aromatic carbocycles. The minimum absolute atomic E-state index is 0.0662. The molecule has 4 nitrogen and oxygen atoms in total. The van der Waals surface area contributed by atoms with Gasteiger partial charge in [0, 0.05) is 22.6 Å². The Balaban J connectivity index is 1.84. The van der Waals surface area contributed by atoms with Gasteiger partial charge < -0.3 is 10.2 Å². The van der Waals surface area contributed by atoms with Crippen LogP contribution in [0.3, 0.4) is 0 Å². The summed E-state index contributed by atoms with van der Waals surface area (Å²) in [5.74, 6) is -0.188. The molecule has 1 N–H and O–H groups in total. The van der Waals surface area contributed by atoms with Gasteiger partial charge >= 0.3 is 0 Å². The second-order valence-corrected chi connectivity index (χ2v) is 9.47. The number of hydrogen-bond acceptors (Lipinski definition) is 2. The van der Waals surface area contributed by atoms with Crippen LogP contribution in [0.4, 0.5) is 0 Å². The van der Waals surface area contributed by atoms with Crippen LogP contribution in [0.5, 0.6) is 0 Å². The number of aryl methyl sites for hydroxylation is 1. The molecule has 0 unspecified atom stereocenters. The lowest BCUT2D eigenvalue weighted by molar-refractivity contribution is -0.141. The maximum Gasteiger partial charge on any atom is 0.243 e. The summed E-state index contributed by atoms with van der Waals surface area (Å²) in [5, 5.41) is 4.20. The maximum atomic E-state index is 13.5. The van der Waals surface area contributed by atoms with E-state index in [0.717, 1.165) is 36.8 Å². The summed E-state index contributed by atoms with van der Waals surface area (Å²) in [6.07, 6.45) is 6.19. The minimum Gasteiger partial charge on any atom is -0.352 e. The summed E-state index contributed by atoms with van der Waals surface area (Å²) in [6.45, 7) is 4.36. The lowest BCUT2D eigenvalue weighted by atomic mass is 9.95. The van der Waals surface area contributed by atoms with Gasteiger partial charge in [-0.2, -0.15) is 0 Å². The summed E-state index contributed by atoms with van der Waals surface area (Å²) in [6, 6.07) is 12.8. The number of hydrogen-bond donors (Lipinski definition) is 1. The van der Waals surface area contributed by atoms with Gasteiger partial charge in [0.05, 0.1) is 6.42 Å². The molecule has 172 valence electrons. The van der Waals surface area contributed by atoms with Crippen LogP contribution < -0.4 is 5.32 Å². The summed E-state index contributed by atoms with van der Waals surface area (Å²) in [5.41, 5.74) is 2.84. The standard InChI is InChI=1S/C26H32Cl2N2O2/c1-3-24(26(32)29-22-11-5-4-6-12-22)30(17-20-10-8-7-9-18(20)2)25(31)15-19-13-14-21(27)16-23(19)28/h7-10,13-14,16,22,24H,3-6,11-12,15,17H2,1-2H3,(H,29,32)/t24-/m0/s1. The van der Waals surface area contributed by atoms with E-state index < -0.39 is 6.04 Å². The smallest absolute Gasteiger partial charge is 0.243 e. The predicted octanol–water partition coefficient (Wildman–Crippen LogP) is 6.10. The molecule has 0 radical (unpaired) electrons. The molecule has 1 aliphatic carbocycles. The molecule has 0 aromatic heterocycles. The van der Waals surface area contributed by atoms with Gasteiger partial charge in [0.1, 0.15) is 6.04 Å². The summed E-state index contributed by atoms with van der Waals surface area (Å²) >= 11 is 12.3. The van der Waals surface area contributed by atoms with Crippen LogP contribution in [0.25, 0.3) is 0 Å². The van der Waals surface area contributed by atoms with Crippen LogP contribution in [0.1, 0.15) is 62.1 Å². The van der Waals surface area contributed by atoms with Crippen molar-refractivity contribution in [2.24, 2.45) is 0 Å². The quantitative estimate of drug-likeness (QED) is 0.502. The van der Waals surface area contributed by atoms with Crippen molar-refractivity contribution in [1.82, 2.24) is 10.2 Å². The molecular weight excluding hydrogens is 443 g/mol. The van der Waals surface area contributed by atoms with Gasteiger partial charge in [0.15, 0.2) is 0 Å². The van der Waals surface area contributed by atoms with Crippen LogP contribution in [-0.2, 0) is 22.6 Å². The van der Waals surface area contributed by atoms with Gasteiger partial charge in [-0.25, -0.2) is 0 Å². The van der Waals surface area contributed by atoms with E-state index in [0.29, 0.717) is 28.6 Å². The molecular formula is C26H32Cl2N2O2. The van der Waals surface area contributed by atoms with Crippen LogP contribution in [0.15, 0.2) is 42.5 Å². The van der Waals surface area contributed by atoms with Crippen LogP contribution >= 0.6 is 23.2 Å². The van der Waals surface area contributed by atoms with Crippen molar-refractivity contribution in [2.45, 2.75) is 77.4 Å². The molecule has 3 rings (SSSR count). The fourth-order valence-electron chi connectivity index (χ4n) is 4.36. The van der Waals surface area contributed by atoms with Crippen molar-refractivity contribution in [3.8, 4) is 0 Å². The van der Waals surface area contributed by atoms with Crippen molar-refractivity contribution in [3.05, 3.63) is 69.2 Å². The lowest BCUT2D eigenvalue weighted by Crippen LogP contribution is -2.52. The van der Waals surface area contributed by atoms with E-state index in [-0.39, 0.29) is 24.3 Å². The van der Waals surface area contributed by atoms with E-state index in [1.54, 1.807) is 23.1 Å². The van der Waals surface area contributed by atoms with Crippen molar-refractivity contribution < 1.29 is 9.59 Å².